The molecule has 0 radical (unpaired) electrons. The van der Waals surface area contributed by atoms with E-state index in [2.05, 4.69) is 11.9 Å². The summed E-state index contributed by atoms with van der Waals surface area (Å²) in [6.45, 7) is 5.03. The number of hydrogen-bond donors (Lipinski definition) is 1. The number of nitrogens with zero attached hydrogens (tertiary/aromatic N) is 1. The summed E-state index contributed by atoms with van der Waals surface area (Å²) in [5.74, 6) is 1.77. The van der Waals surface area contributed by atoms with E-state index in [1.807, 2.05) is 6.08 Å². The summed E-state index contributed by atoms with van der Waals surface area (Å²) in [6, 6.07) is 0. The lowest BCUT2D eigenvalue weighted by Crippen LogP contribution is -2.36. The minimum absolute atomic E-state index is 0.0139. The monoisotopic (exact) mass is 228 g/mol. The molecule has 4 nitrogen and oxygen atoms in total. The molecule has 0 unspecified atom stereocenters. The Morgan fingerprint density at radius 2 is 2.33 bits per heavy atom. The molecule has 0 spiro atoms. The average molecular weight is 228 g/mol. The van der Waals surface area contributed by atoms with Crippen LogP contribution in [0, 0.1) is 0 Å². The van der Waals surface area contributed by atoms with Crippen molar-refractivity contribution in [2.24, 2.45) is 0 Å². The third-order valence-corrected chi connectivity index (χ3v) is 3.08. The number of hydrogen-bond acceptors (Lipinski definition) is 3. The third-order valence-electron chi connectivity index (χ3n) is 2.14. The second kappa shape index (κ2) is 6.50. The molecule has 1 fully saturated rings. The maximum Gasteiger partial charge on any atom is 0.242 e. The molecule has 2 amide bonds. The molecule has 0 saturated carbocycles. The Morgan fingerprint density at radius 1 is 1.53 bits per heavy atom. The quantitative estimate of drug-likeness (QED) is 0.542. The van der Waals surface area contributed by atoms with Gasteiger partial charge >= 0.3 is 0 Å². The van der Waals surface area contributed by atoms with Gasteiger partial charge in [-0.3, -0.25) is 9.59 Å². The van der Waals surface area contributed by atoms with E-state index in [1.54, 1.807) is 16.7 Å². The molecule has 15 heavy (non-hydrogen) atoms. The Bertz CT molecular complexity index is 256. The summed E-state index contributed by atoms with van der Waals surface area (Å²) in [7, 11) is 0. The van der Waals surface area contributed by atoms with Gasteiger partial charge in [0.15, 0.2) is 0 Å². The van der Waals surface area contributed by atoms with Gasteiger partial charge in [-0.05, 0) is 0 Å². The molecule has 5 heteroatoms. The Hall–Kier alpha value is -0.970. The van der Waals surface area contributed by atoms with E-state index >= 15 is 0 Å². The van der Waals surface area contributed by atoms with Gasteiger partial charge in [0.2, 0.25) is 11.8 Å². The maximum absolute atomic E-state index is 11.5. The fraction of sp³-hybridized carbons (Fsp3) is 0.600. The van der Waals surface area contributed by atoms with Gasteiger partial charge < -0.3 is 10.2 Å². The van der Waals surface area contributed by atoms with Crippen molar-refractivity contribution in [2.45, 2.75) is 6.42 Å². The Balaban J connectivity index is 2.29. The molecule has 0 aromatic heterocycles. The van der Waals surface area contributed by atoms with Crippen LogP contribution < -0.4 is 5.32 Å². The second-order valence-electron chi connectivity index (χ2n) is 3.27. The highest BCUT2D eigenvalue weighted by Crippen LogP contribution is 2.03. The van der Waals surface area contributed by atoms with Crippen LogP contribution in [-0.2, 0) is 9.59 Å². The fourth-order valence-corrected chi connectivity index (χ4v) is 2.00. The molecule has 0 aromatic rings. The van der Waals surface area contributed by atoms with Crippen LogP contribution in [0.3, 0.4) is 0 Å². The molecule has 0 bridgehead atoms. The first-order valence-electron chi connectivity index (χ1n) is 4.97. The lowest BCUT2D eigenvalue weighted by atomic mass is 10.4. The summed E-state index contributed by atoms with van der Waals surface area (Å²) in [4.78, 5) is 24.3. The summed E-state index contributed by atoms with van der Waals surface area (Å²) in [5.41, 5.74) is 0. The lowest BCUT2D eigenvalue weighted by molar-refractivity contribution is -0.129. The predicted octanol–water partition coefficient (Wildman–Crippen LogP) is 0.254. The van der Waals surface area contributed by atoms with Gasteiger partial charge in [0.1, 0.15) is 0 Å². The average Bonchev–Trinajstić information content (AvgIpc) is 2.38. The van der Waals surface area contributed by atoms with Crippen molar-refractivity contribution in [1.82, 2.24) is 10.2 Å². The van der Waals surface area contributed by atoms with Crippen LogP contribution in [0.25, 0.3) is 0 Å². The van der Waals surface area contributed by atoms with Gasteiger partial charge in [0, 0.05) is 31.0 Å². The minimum Gasteiger partial charge on any atom is -0.347 e. The molecule has 0 atom stereocenters. The molecule has 1 rings (SSSR count). The van der Waals surface area contributed by atoms with E-state index < -0.39 is 0 Å². The van der Waals surface area contributed by atoms with Crippen molar-refractivity contribution >= 4 is 23.6 Å². The normalized spacial score (nSPS) is 17.2. The summed E-state index contributed by atoms with van der Waals surface area (Å²) < 4.78 is 0. The van der Waals surface area contributed by atoms with Crippen LogP contribution in [0.2, 0.25) is 0 Å². The van der Waals surface area contributed by atoms with E-state index in [9.17, 15) is 9.59 Å². The number of carbonyl (C=O) groups is 2. The maximum atomic E-state index is 11.5. The SMILES string of the molecule is C=CCSCCN1CCC(=O)NCC1=O. The van der Waals surface area contributed by atoms with E-state index in [0.717, 1.165) is 11.5 Å². The van der Waals surface area contributed by atoms with Crippen LogP contribution in [0.5, 0.6) is 0 Å². The first-order valence-corrected chi connectivity index (χ1v) is 6.12. The molecule has 1 aliphatic heterocycles. The van der Waals surface area contributed by atoms with Crippen molar-refractivity contribution < 1.29 is 9.59 Å². The Kier molecular flexibility index (Phi) is 5.25. The standard InChI is InChI=1S/C10H16N2O2S/c1-2-6-15-7-5-12-4-3-9(13)11-8-10(12)14/h2H,1,3-8H2,(H,11,13). The number of thioether (sulfide) groups is 1. The van der Waals surface area contributed by atoms with Crippen molar-refractivity contribution in [3.05, 3.63) is 12.7 Å². The van der Waals surface area contributed by atoms with Gasteiger partial charge in [-0.2, -0.15) is 11.8 Å². The largest absolute Gasteiger partial charge is 0.347 e. The molecular formula is C10H16N2O2S. The molecule has 1 N–H and O–H groups in total. The zero-order chi connectivity index (χ0) is 11.1. The summed E-state index contributed by atoms with van der Waals surface area (Å²) in [6.07, 6.45) is 2.26. The third kappa shape index (κ3) is 4.38. The van der Waals surface area contributed by atoms with Crippen LogP contribution in [0.4, 0.5) is 0 Å². The van der Waals surface area contributed by atoms with Crippen LogP contribution in [0.15, 0.2) is 12.7 Å². The van der Waals surface area contributed by atoms with Crippen LogP contribution in [-0.4, -0.2) is 47.9 Å². The van der Waals surface area contributed by atoms with Crippen LogP contribution in [0.1, 0.15) is 6.42 Å². The zero-order valence-electron chi connectivity index (χ0n) is 8.70. The van der Waals surface area contributed by atoms with E-state index in [-0.39, 0.29) is 18.4 Å². The van der Waals surface area contributed by atoms with Gasteiger partial charge in [-0.15, -0.1) is 6.58 Å². The Morgan fingerprint density at radius 3 is 3.07 bits per heavy atom. The van der Waals surface area contributed by atoms with Crippen molar-refractivity contribution in [3.8, 4) is 0 Å². The minimum atomic E-state index is -0.0374. The van der Waals surface area contributed by atoms with Crippen molar-refractivity contribution in [1.29, 1.82) is 0 Å². The predicted molar refractivity (Wildman–Crippen MR) is 61.7 cm³/mol. The van der Waals surface area contributed by atoms with E-state index in [1.165, 1.54) is 0 Å². The number of amides is 2. The smallest absolute Gasteiger partial charge is 0.242 e. The van der Waals surface area contributed by atoms with Gasteiger partial charge in [-0.1, -0.05) is 6.08 Å². The fourth-order valence-electron chi connectivity index (χ4n) is 1.31. The number of carbonyl (C=O) groups excluding carboxylic acids is 2. The van der Waals surface area contributed by atoms with Gasteiger partial charge in [0.25, 0.3) is 0 Å². The number of nitrogens with one attached hydrogen (secondary N) is 1. The van der Waals surface area contributed by atoms with Crippen LogP contribution >= 0.6 is 11.8 Å². The highest BCUT2D eigenvalue weighted by Gasteiger charge is 2.18. The molecule has 1 heterocycles. The zero-order valence-corrected chi connectivity index (χ0v) is 9.52. The molecule has 1 aliphatic rings. The highest BCUT2D eigenvalue weighted by atomic mass is 32.2. The molecular weight excluding hydrogens is 212 g/mol. The topological polar surface area (TPSA) is 49.4 Å². The first kappa shape index (κ1) is 12.1. The van der Waals surface area contributed by atoms with E-state index in [0.29, 0.717) is 19.5 Å². The molecule has 84 valence electrons. The summed E-state index contributed by atoms with van der Waals surface area (Å²) in [5, 5.41) is 2.57. The van der Waals surface area contributed by atoms with Gasteiger partial charge in [0.05, 0.1) is 6.54 Å². The molecule has 1 saturated heterocycles. The second-order valence-corrected chi connectivity index (χ2v) is 4.42. The Labute approximate surface area is 94.1 Å². The summed E-state index contributed by atoms with van der Waals surface area (Å²) >= 11 is 1.74. The molecule has 0 aliphatic carbocycles. The van der Waals surface area contributed by atoms with E-state index in [4.69, 9.17) is 0 Å². The van der Waals surface area contributed by atoms with Crippen molar-refractivity contribution in [2.75, 3.05) is 31.1 Å². The lowest BCUT2D eigenvalue weighted by Gasteiger charge is -2.18. The molecule has 0 aromatic carbocycles. The van der Waals surface area contributed by atoms with Gasteiger partial charge in [-0.25, -0.2) is 0 Å². The van der Waals surface area contributed by atoms with Crippen molar-refractivity contribution in [3.63, 3.8) is 0 Å². The highest BCUT2D eigenvalue weighted by molar-refractivity contribution is 7.99. The number of rotatable bonds is 5. The first-order chi connectivity index (χ1) is 7.24.